The molecule has 0 aliphatic heterocycles. The van der Waals surface area contributed by atoms with E-state index >= 15 is 0 Å². The quantitative estimate of drug-likeness (QED) is 0.750. The SMILES string of the molecule is Nc1cc2oc(=O)[nH]c2cc1NCC1CC2CCC1C2. The van der Waals surface area contributed by atoms with Gasteiger partial charge in [0, 0.05) is 12.6 Å². The first kappa shape index (κ1) is 11.9. The zero-order valence-electron chi connectivity index (χ0n) is 11.3. The van der Waals surface area contributed by atoms with Crippen molar-refractivity contribution >= 4 is 22.5 Å². The Morgan fingerprint density at radius 2 is 2.25 bits per heavy atom. The van der Waals surface area contributed by atoms with E-state index in [2.05, 4.69) is 10.3 Å². The summed E-state index contributed by atoms with van der Waals surface area (Å²) in [6.45, 7) is 0.971. The Balaban J connectivity index is 1.53. The van der Waals surface area contributed by atoms with Gasteiger partial charge >= 0.3 is 5.76 Å². The average molecular weight is 273 g/mol. The molecule has 2 fully saturated rings. The maximum Gasteiger partial charge on any atom is 0.417 e. The fourth-order valence-corrected chi connectivity index (χ4v) is 4.03. The number of aromatic amines is 1. The third-order valence-corrected chi connectivity index (χ3v) is 5.03. The van der Waals surface area contributed by atoms with Gasteiger partial charge in [-0.15, -0.1) is 0 Å². The highest BCUT2D eigenvalue weighted by molar-refractivity contribution is 5.85. The molecule has 1 aromatic carbocycles. The second kappa shape index (κ2) is 4.30. The number of fused-ring (bicyclic) bond motifs is 3. The number of anilines is 2. The van der Waals surface area contributed by atoms with Crippen molar-refractivity contribution in [3.05, 3.63) is 22.7 Å². The molecule has 4 N–H and O–H groups in total. The summed E-state index contributed by atoms with van der Waals surface area (Å²) in [6.07, 6.45) is 5.57. The fourth-order valence-electron chi connectivity index (χ4n) is 4.03. The number of nitrogens with two attached hydrogens (primary N) is 1. The van der Waals surface area contributed by atoms with Crippen LogP contribution >= 0.6 is 0 Å². The van der Waals surface area contributed by atoms with E-state index in [1.165, 1.54) is 25.7 Å². The normalized spacial score (nSPS) is 28.3. The zero-order chi connectivity index (χ0) is 13.7. The number of hydrogen-bond acceptors (Lipinski definition) is 4. The summed E-state index contributed by atoms with van der Waals surface area (Å²) in [5, 5.41) is 3.45. The molecule has 3 unspecified atom stereocenters. The molecule has 5 nitrogen and oxygen atoms in total. The van der Waals surface area contributed by atoms with E-state index in [-0.39, 0.29) is 0 Å². The van der Waals surface area contributed by atoms with Crippen LogP contribution in [0.2, 0.25) is 0 Å². The number of H-pyrrole nitrogens is 1. The number of nitrogen functional groups attached to an aromatic ring is 1. The van der Waals surface area contributed by atoms with Crippen LogP contribution in [0.15, 0.2) is 21.3 Å². The largest absolute Gasteiger partial charge is 0.417 e. The molecule has 3 atom stereocenters. The van der Waals surface area contributed by atoms with E-state index in [9.17, 15) is 4.79 Å². The van der Waals surface area contributed by atoms with Crippen LogP contribution in [0.4, 0.5) is 11.4 Å². The summed E-state index contributed by atoms with van der Waals surface area (Å²) in [6, 6.07) is 3.57. The monoisotopic (exact) mass is 273 g/mol. The van der Waals surface area contributed by atoms with Crippen molar-refractivity contribution in [1.82, 2.24) is 4.98 Å². The lowest BCUT2D eigenvalue weighted by Gasteiger charge is -2.22. The second-order valence-electron chi connectivity index (χ2n) is 6.27. The maximum absolute atomic E-state index is 11.2. The van der Waals surface area contributed by atoms with Gasteiger partial charge < -0.3 is 15.5 Å². The molecule has 0 spiro atoms. The number of benzene rings is 1. The molecule has 0 amide bonds. The highest BCUT2D eigenvalue weighted by atomic mass is 16.4. The van der Waals surface area contributed by atoms with Gasteiger partial charge in [0.1, 0.15) is 0 Å². The number of hydrogen-bond donors (Lipinski definition) is 3. The van der Waals surface area contributed by atoms with Crippen molar-refractivity contribution in [2.24, 2.45) is 17.8 Å². The van der Waals surface area contributed by atoms with Crippen LogP contribution < -0.4 is 16.8 Å². The molecule has 106 valence electrons. The molecule has 20 heavy (non-hydrogen) atoms. The van der Waals surface area contributed by atoms with E-state index in [1.807, 2.05) is 6.07 Å². The summed E-state index contributed by atoms with van der Waals surface area (Å²) < 4.78 is 5.00. The Kier molecular flexibility index (Phi) is 2.55. The molecule has 5 heteroatoms. The molecule has 2 bridgehead atoms. The van der Waals surface area contributed by atoms with Gasteiger partial charge in [-0.2, -0.15) is 0 Å². The minimum absolute atomic E-state index is 0.440. The smallest absolute Gasteiger partial charge is 0.408 e. The van der Waals surface area contributed by atoms with Crippen LogP contribution in [0.25, 0.3) is 11.1 Å². The summed E-state index contributed by atoms with van der Waals surface area (Å²) >= 11 is 0. The van der Waals surface area contributed by atoms with Crippen molar-refractivity contribution in [2.45, 2.75) is 25.7 Å². The van der Waals surface area contributed by atoms with E-state index in [0.717, 1.165) is 30.0 Å². The Morgan fingerprint density at radius 1 is 1.35 bits per heavy atom. The molecule has 2 aliphatic carbocycles. The van der Waals surface area contributed by atoms with Crippen molar-refractivity contribution < 1.29 is 4.42 Å². The van der Waals surface area contributed by atoms with Gasteiger partial charge in [0.05, 0.1) is 16.9 Å². The molecule has 2 aromatic rings. The molecule has 1 heterocycles. The lowest BCUT2D eigenvalue weighted by molar-refractivity contribution is 0.348. The number of oxazole rings is 1. The van der Waals surface area contributed by atoms with Gasteiger partial charge in [-0.25, -0.2) is 4.79 Å². The van der Waals surface area contributed by atoms with Gasteiger partial charge in [-0.3, -0.25) is 4.98 Å². The van der Waals surface area contributed by atoms with Crippen LogP contribution in [0.3, 0.4) is 0 Å². The molecule has 2 aliphatic rings. The molecule has 4 rings (SSSR count). The van der Waals surface area contributed by atoms with Gasteiger partial charge in [-0.05, 0) is 43.1 Å². The highest BCUT2D eigenvalue weighted by Crippen LogP contribution is 2.48. The lowest BCUT2D eigenvalue weighted by atomic mass is 9.89. The van der Waals surface area contributed by atoms with Crippen LogP contribution in [-0.2, 0) is 0 Å². The number of rotatable bonds is 3. The maximum atomic E-state index is 11.2. The first-order valence-electron chi connectivity index (χ1n) is 7.35. The minimum Gasteiger partial charge on any atom is -0.408 e. The molecule has 1 aromatic heterocycles. The van der Waals surface area contributed by atoms with Crippen LogP contribution in [0.1, 0.15) is 25.7 Å². The number of nitrogens with one attached hydrogen (secondary N) is 2. The van der Waals surface area contributed by atoms with Gasteiger partial charge in [0.15, 0.2) is 5.58 Å². The highest BCUT2D eigenvalue weighted by Gasteiger charge is 2.39. The molecule has 0 saturated heterocycles. The summed E-state index contributed by atoms with van der Waals surface area (Å²) in [7, 11) is 0. The van der Waals surface area contributed by atoms with Crippen molar-refractivity contribution in [3.63, 3.8) is 0 Å². The Bertz CT molecular complexity index is 703. The first-order valence-corrected chi connectivity index (χ1v) is 7.35. The topological polar surface area (TPSA) is 84.0 Å². The first-order chi connectivity index (χ1) is 9.69. The third kappa shape index (κ3) is 1.88. The van der Waals surface area contributed by atoms with E-state index in [0.29, 0.717) is 16.8 Å². The van der Waals surface area contributed by atoms with E-state index < -0.39 is 5.76 Å². The van der Waals surface area contributed by atoms with E-state index in [4.69, 9.17) is 10.2 Å². The number of aromatic nitrogens is 1. The fraction of sp³-hybridized carbons (Fsp3) is 0.533. The van der Waals surface area contributed by atoms with Gasteiger partial charge in [0.25, 0.3) is 0 Å². The standard InChI is InChI=1S/C15H19N3O2/c16-11-5-14-13(18-15(19)20-14)6-12(11)17-7-10-4-8-1-2-9(10)3-8/h5-6,8-10,17H,1-4,7,16H2,(H,18,19). The third-order valence-electron chi connectivity index (χ3n) is 5.03. The zero-order valence-corrected chi connectivity index (χ0v) is 11.3. The van der Waals surface area contributed by atoms with E-state index in [1.54, 1.807) is 6.07 Å². The summed E-state index contributed by atoms with van der Waals surface area (Å²) in [5.74, 6) is 2.18. The second-order valence-corrected chi connectivity index (χ2v) is 6.27. The Hall–Kier alpha value is -1.91. The van der Waals surface area contributed by atoms with Crippen LogP contribution in [0, 0.1) is 17.8 Å². The summed E-state index contributed by atoms with van der Waals surface area (Å²) in [4.78, 5) is 13.8. The lowest BCUT2D eigenvalue weighted by Crippen LogP contribution is -2.20. The minimum atomic E-state index is -0.440. The molecular formula is C15H19N3O2. The van der Waals surface area contributed by atoms with Crippen LogP contribution in [-0.4, -0.2) is 11.5 Å². The predicted molar refractivity (Wildman–Crippen MR) is 78.7 cm³/mol. The van der Waals surface area contributed by atoms with Crippen LogP contribution in [0.5, 0.6) is 0 Å². The van der Waals surface area contributed by atoms with Crippen molar-refractivity contribution in [2.75, 3.05) is 17.6 Å². The van der Waals surface area contributed by atoms with Crippen molar-refractivity contribution in [1.29, 1.82) is 0 Å². The predicted octanol–water partition coefficient (Wildman–Crippen LogP) is 2.55. The van der Waals surface area contributed by atoms with Gasteiger partial charge in [-0.1, -0.05) is 6.42 Å². The Labute approximate surface area is 116 Å². The molecule has 0 radical (unpaired) electrons. The molecule has 2 saturated carbocycles. The van der Waals surface area contributed by atoms with Crippen molar-refractivity contribution in [3.8, 4) is 0 Å². The Morgan fingerprint density at radius 3 is 3.00 bits per heavy atom. The van der Waals surface area contributed by atoms with Gasteiger partial charge in [0.2, 0.25) is 0 Å². The average Bonchev–Trinajstić information content (AvgIpc) is 3.09. The summed E-state index contributed by atoms with van der Waals surface area (Å²) in [5.41, 5.74) is 8.74. The molecular weight excluding hydrogens is 254 g/mol.